The fraction of sp³-hybridized carbons (Fsp3) is 0.207. The zero-order chi connectivity index (χ0) is 25.6. The molecule has 0 aliphatic heterocycles. The molecule has 0 radical (unpaired) electrons. The summed E-state index contributed by atoms with van der Waals surface area (Å²) >= 11 is 7.90. The van der Waals surface area contributed by atoms with Crippen molar-refractivity contribution in [3.63, 3.8) is 0 Å². The van der Waals surface area contributed by atoms with Gasteiger partial charge >= 0.3 is 5.97 Å². The second kappa shape index (κ2) is 9.19. The lowest BCUT2D eigenvalue weighted by Crippen LogP contribution is -2.23. The van der Waals surface area contributed by atoms with Crippen molar-refractivity contribution in [1.82, 2.24) is 9.97 Å². The van der Waals surface area contributed by atoms with E-state index in [0.717, 1.165) is 53.8 Å². The van der Waals surface area contributed by atoms with E-state index in [1.807, 2.05) is 70.3 Å². The Hall–Kier alpha value is -3.48. The number of aromatic nitrogens is 2. The van der Waals surface area contributed by atoms with Gasteiger partial charge in [-0.15, -0.1) is 11.3 Å². The van der Waals surface area contributed by atoms with E-state index < -0.39 is 11.6 Å². The van der Waals surface area contributed by atoms with Crippen molar-refractivity contribution < 1.29 is 14.6 Å². The molecule has 0 bridgehead atoms. The number of aliphatic carboxylic acids is 1. The molecule has 0 saturated carbocycles. The Morgan fingerprint density at radius 2 is 1.89 bits per heavy atom. The monoisotopic (exact) mass is 516 g/mol. The van der Waals surface area contributed by atoms with Crippen molar-refractivity contribution in [3.8, 4) is 27.4 Å². The van der Waals surface area contributed by atoms with Crippen LogP contribution in [0.4, 0.5) is 0 Å². The molecule has 0 unspecified atom stereocenters. The zero-order valence-corrected chi connectivity index (χ0v) is 22.0. The Morgan fingerprint density at radius 1 is 1.08 bits per heavy atom. The average Bonchev–Trinajstić information content (AvgIpc) is 3.22. The van der Waals surface area contributed by atoms with Crippen LogP contribution in [-0.2, 0) is 11.2 Å². The Kier molecular flexibility index (Phi) is 6.18. The van der Waals surface area contributed by atoms with Crippen molar-refractivity contribution in [1.29, 1.82) is 0 Å². The molecule has 0 spiro atoms. The van der Waals surface area contributed by atoms with Crippen LogP contribution in [0.25, 0.3) is 42.7 Å². The van der Waals surface area contributed by atoms with Crippen molar-refractivity contribution >= 4 is 49.9 Å². The van der Waals surface area contributed by atoms with Crippen molar-refractivity contribution in [2.24, 2.45) is 0 Å². The summed E-state index contributed by atoms with van der Waals surface area (Å²) in [5, 5.41) is 13.3. The SMILES string of the molecule is Cc1cc2nc(-c3ccc4cnccc4c3)sc2c(-c2ccc(Cl)cc2OC(C)(C)C)c1CC(=O)O. The minimum absolute atomic E-state index is 0.106. The lowest BCUT2D eigenvalue weighted by Gasteiger charge is -2.24. The van der Waals surface area contributed by atoms with Gasteiger partial charge < -0.3 is 9.84 Å². The molecule has 0 fully saturated rings. The van der Waals surface area contributed by atoms with Gasteiger partial charge in [-0.25, -0.2) is 4.98 Å². The highest BCUT2D eigenvalue weighted by molar-refractivity contribution is 7.22. The minimum Gasteiger partial charge on any atom is -0.487 e. The number of benzene rings is 3. The highest BCUT2D eigenvalue weighted by atomic mass is 35.5. The molecule has 2 heterocycles. The summed E-state index contributed by atoms with van der Waals surface area (Å²) in [6.07, 6.45) is 3.51. The second-order valence-corrected chi connectivity index (χ2v) is 11.2. The number of carboxylic acids is 1. The van der Waals surface area contributed by atoms with E-state index in [4.69, 9.17) is 21.3 Å². The quantitative estimate of drug-likeness (QED) is 0.256. The number of carboxylic acid groups (broad SMARTS) is 1. The van der Waals surface area contributed by atoms with Crippen molar-refractivity contribution in [3.05, 3.63) is 77.1 Å². The van der Waals surface area contributed by atoms with Crippen LogP contribution in [-0.4, -0.2) is 26.6 Å². The predicted molar refractivity (Wildman–Crippen MR) is 147 cm³/mol. The smallest absolute Gasteiger partial charge is 0.307 e. The summed E-state index contributed by atoms with van der Waals surface area (Å²) in [5.41, 5.74) is 4.61. The minimum atomic E-state index is -0.890. The largest absolute Gasteiger partial charge is 0.487 e. The molecule has 0 aliphatic carbocycles. The molecular formula is C29H25ClN2O3S. The molecule has 3 aromatic carbocycles. The second-order valence-electron chi connectivity index (χ2n) is 9.78. The number of fused-ring (bicyclic) bond motifs is 2. The van der Waals surface area contributed by atoms with Crippen LogP contribution >= 0.6 is 22.9 Å². The van der Waals surface area contributed by atoms with Gasteiger partial charge in [0.05, 0.1) is 16.6 Å². The van der Waals surface area contributed by atoms with Gasteiger partial charge in [0.1, 0.15) is 16.4 Å². The molecule has 2 aromatic heterocycles. The molecule has 5 nitrogen and oxygen atoms in total. The summed E-state index contributed by atoms with van der Waals surface area (Å²) in [6.45, 7) is 7.86. The number of aryl methyl sites for hydroxylation is 1. The topological polar surface area (TPSA) is 72.3 Å². The van der Waals surface area contributed by atoms with Crippen LogP contribution in [0, 0.1) is 6.92 Å². The Balaban J connectivity index is 1.78. The first-order chi connectivity index (χ1) is 17.1. The summed E-state index contributed by atoms with van der Waals surface area (Å²) < 4.78 is 7.22. The fourth-order valence-electron chi connectivity index (χ4n) is 4.36. The zero-order valence-electron chi connectivity index (χ0n) is 20.4. The molecule has 5 rings (SSSR count). The fourth-order valence-corrected chi connectivity index (χ4v) is 5.64. The molecular weight excluding hydrogens is 492 g/mol. The van der Waals surface area contributed by atoms with Crippen LogP contribution in [0.2, 0.25) is 5.02 Å². The molecule has 0 atom stereocenters. The number of hydrogen-bond acceptors (Lipinski definition) is 5. The van der Waals surface area contributed by atoms with Crippen molar-refractivity contribution in [2.75, 3.05) is 0 Å². The number of carbonyl (C=O) groups is 1. The molecule has 7 heteroatoms. The van der Waals surface area contributed by atoms with E-state index in [1.165, 1.54) is 0 Å². The maximum absolute atomic E-state index is 11.9. The van der Waals surface area contributed by atoms with Crippen LogP contribution < -0.4 is 4.74 Å². The highest BCUT2D eigenvalue weighted by Crippen LogP contribution is 2.45. The Bertz CT molecular complexity index is 1640. The lowest BCUT2D eigenvalue weighted by molar-refractivity contribution is -0.136. The normalized spacial score (nSPS) is 11.8. The first kappa shape index (κ1) is 24.2. The van der Waals surface area contributed by atoms with Gasteiger partial charge in [-0.05, 0) is 80.6 Å². The van der Waals surface area contributed by atoms with Gasteiger partial charge in [-0.1, -0.05) is 23.7 Å². The molecule has 0 amide bonds. The number of ether oxygens (including phenoxy) is 1. The van der Waals surface area contributed by atoms with Crippen LogP contribution in [0.5, 0.6) is 5.75 Å². The van der Waals surface area contributed by atoms with E-state index in [0.29, 0.717) is 10.8 Å². The molecule has 1 N–H and O–H groups in total. The summed E-state index contributed by atoms with van der Waals surface area (Å²) in [5.74, 6) is -0.277. The number of halogens is 1. The summed E-state index contributed by atoms with van der Waals surface area (Å²) in [6, 6.07) is 15.7. The third-order valence-electron chi connectivity index (χ3n) is 5.86. The van der Waals surface area contributed by atoms with E-state index >= 15 is 0 Å². The Labute approximate surface area is 218 Å². The van der Waals surface area contributed by atoms with Crippen molar-refractivity contribution in [2.45, 2.75) is 39.7 Å². The van der Waals surface area contributed by atoms with Crippen LogP contribution in [0.3, 0.4) is 0 Å². The van der Waals surface area contributed by atoms with Crippen LogP contribution in [0.1, 0.15) is 31.9 Å². The Morgan fingerprint density at radius 3 is 2.64 bits per heavy atom. The number of pyridine rings is 1. The average molecular weight is 517 g/mol. The summed E-state index contributed by atoms with van der Waals surface area (Å²) in [7, 11) is 0. The molecule has 0 saturated heterocycles. The van der Waals surface area contributed by atoms with Gasteiger partial charge in [0.25, 0.3) is 0 Å². The number of thiazole rings is 1. The third kappa shape index (κ3) is 4.79. The van der Waals surface area contributed by atoms with Gasteiger partial charge in [0.2, 0.25) is 0 Å². The van der Waals surface area contributed by atoms with Gasteiger partial charge in [0.15, 0.2) is 0 Å². The van der Waals surface area contributed by atoms with E-state index in [1.54, 1.807) is 23.6 Å². The van der Waals surface area contributed by atoms with Gasteiger partial charge in [0, 0.05) is 39.5 Å². The first-order valence-electron chi connectivity index (χ1n) is 11.6. The lowest BCUT2D eigenvalue weighted by atomic mass is 9.92. The number of rotatable bonds is 5. The van der Waals surface area contributed by atoms with E-state index in [2.05, 4.69) is 11.1 Å². The molecule has 182 valence electrons. The number of hydrogen-bond donors (Lipinski definition) is 1. The van der Waals surface area contributed by atoms with Crippen LogP contribution in [0.15, 0.2) is 60.9 Å². The molecule has 0 aliphatic rings. The van der Waals surface area contributed by atoms with Gasteiger partial charge in [-0.2, -0.15) is 0 Å². The third-order valence-corrected chi connectivity index (χ3v) is 7.23. The first-order valence-corrected chi connectivity index (χ1v) is 12.8. The maximum Gasteiger partial charge on any atom is 0.307 e. The highest BCUT2D eigenvalue weighted by Gasteiger charge is 2.24. The van der Waals surface area contributed by atoms with E-state index in [-0.39, 0.29) is 6.42 Å². The molecule has 36 heavy (non-hydrogen) atoms. The van der Waals surface area contributed by atoms with E-state index in [9.17, 15) is 9.90 Å². The maximum atomic E-state index is 11.9. The standard InChI is InChI=1S/C29H25ClN2O3S/c1-16-11-23-27(36-28(32-23)18-5-6-19-15-31-10-9-17(19)12-18)26(22(16)14-25(33)34)21-8-7-20(30)13-24(21)35-29(2,3)4/h5-13,15H,14H2,1-4H3,(H,33,34). The predicted octanol–water partition coefficient (Wildman–Crippen LogP) is 7.94. The molecule has 5 aromatic rings. The number of nitrogens with zero attached hydrogens (tertiary/aromatic N) is 2. The summed E-state index contributed by atoms with van der Waals surface area (Å²) in [4.78, 5) is 21.1. The van der Waals surface area contributed by atoms with Gasteiger partial charge in [-0.3, -0.25) is 9.78 Å².